The molecule has 2 amide bonds. The number of hydrogen-bond acceptors (Lipinski definition) is 6. The minimum Gasteiger partial charge on any atom is -0.379 e. The summed E-state index contributed by atoms with van der Waals surface area (Å²) in [5.41, 5.74) is 2.47. The minimum atomic E-state index is -3.74. The molecular weight excluding hydrogens is 474 g/mol. The van der Waals surface area contributed by atoms with E-state index in [2.05, 4.69) is 0 Å². The summed E-state index contributed by atoms with van der Waals surface area (Å²) in [6.45, 7) is 3.58. The van der Waals surface area contributed by atoms with E-state index in [1.807, 2.05) is 31.2 Å². The number of nitrogens with zero attached hydrogens (tertiary/aromatic N) is 3. The number of carbonyl (C=O) groups excluding carboxylic acids is 2. The highest BCUT2D eigenvalue weighted by molar-refractivity contribution is 7.99. The number of thioether (sulfide) groups is 1. The van der Waals surface area contributed by atoms with Crippen molar-refractivity contribution in [3.05, 3.63) is 48.0 Å². The number of ether oxygens (including phenoxy) is 1. The van der Waals surface area contributed by atoms with Crippen LogP contribution in [0.1, 0.15) is 12.5 Å². The van der Waals surface area contributed by atoms with E-state index in [0.29, 0.717) is 44.3 Å². The van der Waals surface area contributed by atoms with Crippen molar-refractivity contribution in [1.29, 1.82) is 0 Å². The van der Waals surface area contributed by atoms with Gasteiger partial charge in [0.1, 0.15) is 6.54 Å². The van der Waals surface area contributed by atoms with Crippen LogP contribution in [0.4, 0.5) is 11.4 Å². The molecule has 3 aliphatic heterocycles. The third kappa shape index (κ3) is 4.24. The Hall–Kier alpha value is -2.40. The van der Waals surface area contributed by atoms with Crippen molar-refractivity contribution in [2.24, 2.45) is 5.92 Å². The zero-order chi connectivity index (χ0) is 23.9. The molecule has 0 bridgehead atoms. The summed E-state index contributed by atoms with van der Waals surface area (Å²) in [5, 5.41) is 0. The number of amides is 2. The number of sulfonamides is 1. The summed E-state index contributed by atoms with van der Waals surface area (Å²) in [6, 6.07) is 12.7. The molecule has 1 fully saturated rings. The van der Waals surface area contributed by atoms with Gasteiger partial charge >= 0.3 is 0 Å². The zero-order valence-electron chi connectivity index (χ0n) is 19.0. The van der Waals surface area contributed by atoms with Crippen LogP contribution in [0.5, 0.6) is 0 Å². The molecular formula is C24H27N3O5S2. The third-order valence-corrected chi connectivity index (χ3v) is 9.70. The van der Waals surface area contributed by atoms with Crippen LogP contribution < -0.4 is 9.80 Å². The fourth-order valence-corrected chi connectivity index (χ4v) is 7.06. The average molecular weight is 502 g/mol. The summed E-state index contributed by atoms with van der Waals surface area (Å²) in [4.78, 5) is 30.8. The molecule has 2 aromatic carbocycles. The second-order valence-electron chi connectivity index (χ2n) is 8.71. The Morgan fingerprint density at radius 1 is 1.09 bits per heavy atom. The second kappa shape index (κ2) is 9.33. The second-order valence-corrected chi connectivity index (χ2v) is 11.7. The number of benzene rings is 2. The van der Waals surface area contributed by atoms with E-state index in [1.165, 1.54) is 21.0 Å². The number of fused-ring (bicyclic) bond motifs is 2. The monoisotopic (exact) mass is 501 g/mol. The first-order valence-corrected chi connectivity index (χ1v) is 13.8. The lowest BCUT2D eigenvalue weighted by molar-refractivity contribution is -0.124. The van der Waals surface area contributed by atoms with Crippen molar-refractivity contribution in [3.63, 3.8) is 0 Å². The smallest absolute Gasteiger partial charge is 0.247 e. The fourth-order valence-electron chi connectivity index (χ4n) is 4.58. The Bertz CT molecular complexity index is 1230. The van der Waals surface area contributed by atoms with Crippen LogP contribution in [-0.2, 0) is 30.8 Å². The summed E-state index contributed by atoms with van der Waals surface area (Å²) in [5.74, 6) is -0.0771. The van der Waals surface area contributed by atoms with Gasteiger partial charge in [0.05, 0.1) is 23.8 Å². The molecule has 0 radical (unpaired) electrons. The molecule has 0 spiro atoms. The molecule has 3 heterocycles. The highest BCUT2D eigenvalue weighted by Gasteiger charge is 2.34. The van der Waals surface area contributed by atoms with Crippen molar-refractivity contribution in [2.75, 3.05) is 54.9 Å². The van der Waals surface area contributed by atoms with E-state index in [9.17, 15) is 18.0 Å². The largest absolute Gasteiger partial charge is 0.379 e. The number of carbonyl (C=O) groups is 2. The van der Waals surface area contributed by atoms with Crippen LogP contribution >= 0.6 is 11.8 Å². The van der Waals surface area contributed by atoms with Gasteiger partial charge < -0.3 is 14.5 Å². The van der Waals surface area contributed by atoms with E-state index in [-0.39, 0.29) is 29.2 Å². The Kier molecular flexibility index (Phi) is 6.41. The molecule has 5 rings (SSSR count). The summed E-state index contributed by atoms with van der Waals surface area (Å²) < 4.78 is 33.2. The normalized spacial score (nSPS) is 21.2. The van der Waals surface area contributed by atoms with Gasteiger partial charge in [-0.2, -0.15) is 4.31 Å². The molecule has 2 aromatic rings. The van der Waals surface area contributed by atoms with E-state index in [4.69, 9.17) is 4.74 Å². The topological polar surface area (TPSA) is 87.2 Å². The Morgan fingerprint density at radius 2 is 1.85 bits per heavy atom. The maximum atomic E-state index is 13.4. The van der Waals surface area contributed by atoms with E-state index in [0.717, 1.165) is 22.6 Å². The van der Waals surface area contributed by atoms with Gasteiger partial charge in [-0.25, -0.2) is 8.42 Å². The number of hydrogen-bond donors (Lipinski definition) is 0. The highest BCUT2D eigenvalue weighted by atomic mass is 32.2. The van der Waals surface area contributed by atoms with E-state index in [1.54, 1.807) is 23.1 Å². The Labute approximate surface area is 203 Å². The molecule has 180 valence electrons. The molecule has 0 N–H and O–H groups in total. The van der Waals surface area contributed by atoms with Gasteiger partial charge in [0.25, 0.3) is 0 Å². The number of para-hydroxylation sites is 1. The summed E-state index contributed by atoms with van der Waals surface area (Å²) in [7, 11) is -3.74. The number of anilines is 2. The first-order valence-electron chi connectivity index (χ1n) is 11.4. The molecule has 0 aliphatic carbocycles. The highest BCUT2D eigenvalue weighted by Crippen LogP contribution is 2.38. The third-order valence-electron chi connectivity index (χ3n) is 6.49. The first kappa shape index (κ1) is 23.3. The van der Waals surface area contributed by atoms with E-state index >= 15 is 0 Å². The lowest BCUT2D eigenvalue weighted by Crippen LogP contribution is -2.44. The zero-order valence-corrected chi connectivity index (χ0v) is 20.6. The van der Waals surface area contributed by atoms with Gasteiger partial charge in [0.2, 0.25) is 21.8 Å². The Morgan fingerprint density at radius 3 is 2.65 bits per heavy atom. The van der Waals surface area contributed by atoms with Crippen molar-refractivity contribution < 1.29 is 22.7 Å². The molecule has 0 aromatic heterocycles. The van der Waals surface area contributed by atoms with Crippen LogP contribution in [-0.4, -0.2) is 69.7 Å². The summed E-state index contributed by atoms with van der Waals surface area (Å²) in [6.07, 6.45) is 0.778. The lowest BCUT2D eigenvalue weighted by atomic mass is 10.1. The molecule has 8 nitrogen and oxygen atoms in total. The van der Waals surface area contributed by atoms with E-state index < -0.39 is 10.0 Å². The Balaban J connectivity index is 1.48. The first-order chi connectivity index (χ1) is 16.4. The maximum absolute atomic E-state index is 13.4. The standard InChI is InChI=1S/C24H27N3O5S2/c1-17-16-33-22-7-6-19(34(30,31)25-10-12-32-13-11-25)14-21(22)27(24(17)29)15-23(28)26-9-8-18-4-2-3-5-20(18)26/h2-7,14,17H,8-13,15-16H2,1H3/t17-/m1/s1. The van der Waals surface area contributed by atoms with Crippen LogP contribution in [0.15, 0.2) is 52.3 Å². The fraction of sp³-hybridized carbons (Fsp3) is 0.417. The van der Waals surface area contributed by atoms with Crippen molar-refractivity contribution in [2.45, 2.75) is 23.1 Å². The lowest BCUT2D eigenvalue weighted by Gasteiger charge is -2.28. The molecule has 3 aliphatic rings. The van der Waals surface area contributed by atoms with Crippen LogP contribution in [0.25, 0.3) is 0 Å². The van der Waals surface area contributed by atoms with Gasteiger partial charge in [0, 0.05) is 41.9 Å². The van der Waals surface area contributed by atoms with Crippen molar-refractivity contribution in [3.8, 4) is 0 Å². The van der Waals surface area contributed by atoms with Gasteiger partial charge in [-0.05, 0) is 36.2 Å². The summed E-state index contributed by atoms with van der Waals surface area (Å²) >= 11 is 1.51. The molecule has 1 atom stereocenters. The maximum Gasteiger partial charge on any atom is 0.247 e. The van der Waals surface area contributed by atoms with Crippen molar-refractivity contribution >= 4 is 45.0 Å². The average Bonchev–Trinajstić information content (AvgIpc) is 3.25. The predicted molar refractivity (Wildman–Crippen MR) is 131 cm³/mol. The van der Waals surface area contributed by atoms with Gasteiger partial charge in [-0.1, -0.05) is 25.1 Å². The quantitative estimate of drug-likeness (QED) is 0.639. The molecule has 10 heteroatoms. The van der Waals surface area contributed by atoms with Crippen LogP contribution in [0.2, 0.25) is 0 Å². The molecule has 1 saturated heterocycles. The predicted octanol–water partition coefficient (Wildman–Crippen LogP) is 2.37. The van der Waals surface area contributed by atoms with Crippen molar-refractivity contribution in [1.82, 2.24) is 4.31 Å². The molecule has 0 unspecified atom stereocenters. The van der Waals surface area contributed by atoms with Gasteiger partial charge in [0.15, 0.2) is 0 Å². The molecule has 34 heavy (non-hydrogen) atoms. The van der Waals surface area contributed by atoms with Crippen LogP contribution in [0, 0.1) is 5.92 Å². The van der Waals surface area contributed by atoms with Crippen LogP contribution in [0.3, 0.4) is 0 Å². The van der Waals surface area contributed by atoms with Gasteiger partial charge in [-0.3, -0.25) is 9.59 Å². The SMILES string of the molecule is C[C@@H]1CSc2ccc(S(=O)(=O)N3CCOCC3)cc2N(CC(=O)N2CCc3ccccc32)C1=O. The minimum absolute atomic E-state index is 0.125. The molecule has 0 saturated carbocycles. The van der Waals surface area contributed by atoms with Gasteiger partial charge in [-0.15, -0.1) is 11.8 Å². The number of rotatable bonds is 4. The number of morpholine rings is 1.